The van der Waals surface area contributed by atoms with E-state index in [1.54, 1.807) is 0 Å². The van der Waals surface area contributed by atoms with Crippen molar-refractivity contribution in [1.29, 1.82) is 0 Å². The molecule has 0 amide bonds. The largest absolute Gasteiger partial charge is 0.326 e. The second-order valence-corrected chi connectivity index (χ2v) is 5.25. The first-order valence-electron chi connectivity index (χ1n) is 6.77. The number of nitrogens with two attached hydrogens (primary N) is 1. The van der Waals surface area contributed by atoms with Crippen LogP contribution in [0.4, 0.5) is 0 Å². The maximum absolute atomic E-state index is 6.19. The Balaban J connectivity index is 2.15. The van der Waals surface area contributed by atoms with Crippen LogP contribution in [0.25, 0.3) is 0 Å². The molecule has 2 N–H and O–H groups in total. The second kappa shape index (κ2) is 6.27. The Morgan fingerprint density at radius 1 is 1.22 bits per heavy atom. The topological polar surface area (TPSA) is 45.4 Å². The highest BCUT2D eigenvalue weighted by Gasteiger charge is 2.26. The van der Waals surface area contributed by atoms with E-state index in [4.69, 9.17) is 5.73 Å². The van der Waals surface area contributed by atoms with Gasteiger partial charge in [-0.2, -0.15) is 0 Å². The minimum Gasteiger partial charge on any atom is -0.326 e. The van der Waals surface area contributed by atoms with Crippen molar-refractivity contribution < 1.29 is 0 Å². The lowest BCUT2D eigenvalue weighted by molar-refractivity contribution is 0.179. The van der Waals surface area contributed by atoms with E-state index in [9.17, 15) is 0 Å². The van der Waals surface area contributed by atoms with Crippen molar-refractivity contribution in [2.75, 3.05) is 33.2 Å². The molecule has 0 aromatic carbocycles. The Bertz CT molecular complexity index is 352. The number of aromatic nitrogens is 1. The van der Waals surface area contributed by atoms with Gasteiger partial charge in [-0.3, -0.25) is 9.88 Å². The van der Waals surface area contributed by atoms with Gasteiger partial charge in [0.1, 0.15) is 0 Å². The minimum absolute atomic E-state index is 0.100. The van der Waals surface area contributed by atoms with Crippen LogP contribution in [-0.2, 0) is 0 Å². The molecule has 0 bridgehead atoms. The maximum Gasteiger partial charge on any atom is 0.0671 e. The molecule has 2 rings (SSSR count). The summed E-state index contributed by atoms with van der Waals surface area (Å²) in [5.41, 5.74) is 7.28. The van der Waals surface area contributed by atoms with Gasteiger partial charge < -0.3 is 10.6 Å². The molecule has 2 atom stereocenters. The van der Waals surface area contributed by atoms with E-state index >= 15 is 0 Å². The van der Waals surface area contributed by atoms with Crippen molar-refractivity contribution in [3.05, 3.63) is 30.1 Å². The molecule has 1 aliphatic heterocycles. The summed E-state index contributed by atoms with van der Waals surface area (Å²) < 4.78 is 0. The van der Waals surface area contributed by atoms with E-state index in [2.05, 4.69) is 34.8 Å². The Labute approximate surface area is 110 Å². The number of likely N-dealkylation sites (N-methyl/N-ethyl adjacent to an activating group) is 1. The van der Waals surface area contributed by atoms with Crippen molar-refractivity contribution in [2.24, 2.45) is 5.73 Å². The lowest BCUT2D eigenvalue weighted by atomic mass is 10.0. The molecule has 100 valence electrons. The van der Waals surface area contributed by atoms with E-state index in [-0.39, 0.29) is 12.1 Å². The van der Waals surface area contributed by atoms with Crippen LogP contribution >= 0.6 is 0 Å². The minimum atomic E-state index is 0.100. The summed E-state index contributed by atoms with van der Waals surface area (Å²) in [6.07, 6.45) is 3.06. The first kappa shape index (κ1) is 13.5. The summed E-state index contributed by atoms with van der Waals surface area (Å²) in [7, 11) is 2.19. The molecule has 0 radical (unpaired) electrons. The van der Waals surface area contributed by atoms with Gasteiger partial charge in [-0.15, -0.1) is 0 Å². The first-order chi connectivity index (χ1) is 8.68. The third-order valence-electron chi connectivity index (χ3n) is 3.64. The van der Waals surface area contributed by atoms with Crippen LogP contribution in [0.2, 0.25) is 0 Å². The summed E-state index contributed by atoms with van der Waals surface area (Å²) in [5.74, 6) is 0. The van der Waals surface area contributed by atoms with E-state index < -0.39 is 0 Å². The zero-order valence-electron chi connectivity index (χ0n) is 11.4. The van der Waals surface area contributed by atoms with E-state index in [1.165, 1.54) is 13.0 Å². The number of hydrogen-bond donors (Lipinski definition) is 1. The van der Waals surface area contributed by atoms with Crippen LogP contribution in [0.5, 0.6) is 0 Å². The Kier molecular flexibility index (Phi) is 4.69. The fourth-order valence-electron chi connectivity index (χ4n) is 2.68. The molecule has 1 aromatic rings. The monoisotopic (exact) mass is 248 g/mol. The van der Waals surface area contributed by atoms with Crippen molar-refractivity contribution in [3.8, 4) is 0 Å². The van der Waals surface area contributed by atoms with Crippen LogP contribution < -0.4 is 5.73 Å². The molecular formula is C14H24N4. The van der Waals surface area contributed by atoms with Gasteiger partial charge in [0.2, 0.25) is 0 Å². The molecule has 4 heteroatoms. The molecule has 4 nitrogen and oxygen atoms in total. The van der Waals surface area contributed by atoms with Gasteiger partial charge >= 0.3 is 0 Å². The lowest BCUT2D eigenvalue weighted by Crippen LogP contribution is -2.41. The highest BCUT2D eigenvalue weighted by molar-refractivity contribution is 5.11. The van der Waals surface area contributed by atoms with Crippen LogP contribution in [0.15, 0.2) is 24.4 Å². The van der Waals surface area contributed by atoms with Gasteiger partial charge in [0.15, 0.2) is 0 Å². The van der Waals surface area contributed by atoms with Gasteiger partial charge in [0, 0.05) is 31.9 Å². The standard InChI is InChI=1S/C14H24N4/c1-12(15)14(13-6-3-4-7-16-13)18-9-5-8-17(2)10-11-18/h3-4,6-7,12,14H,5,8-11,15H2,1-2H3. The predicted octanol–water partition coefficient (Wildman–Crippen LogP) is 1.11. The maximum atomic E-state index is 6.19. The SMILES string of the molecule is CC(N)C(c1ccccn1)N1CCCN(C)CC1. The normalized spacial score (nSPS) is 22.4. The molecule has 2 heterocycles. The molecule has 1 aliphatic rings. The van der Waals surface area contributed by atoms with E-state index in [0.29, 0.717) is 0 Å². The van der Waals surface area contributed by atoms with Gasteiger partial charge in [-0.25, -0.2) is 0 Å². The van der Waals surface area contributed by atoms with Crippen LogP contribution in [-0.4, -0.2) is 54.1 Å². The summed E-state index contributed by atoms with van der Waals surface area (Å²) in [5, 5.41) is 0. The third kappa shape index (κ3) is 3.28. The average molecular weight is 248 g/mol. The number of rotatable bonds is 3. The highest BCUT2D eigenvalue weighted by atomic mass is 15.2. The first-order valence-corrected chi connectivity index (χ1v) is 6.77. The van der Waals surface area contributed by atoms with Gasteiger partial charge in [-0.05, 0) is 39.1 Å². The van der Waals surface area contributed by atoms with Crippen molar-refractivity contribution >= 4 is 0 Å². The quantitative estimate of drug-likeness (QED) is 0.870. The average Bonchev–Trinajstić information content (AvgIpc) is 2.56. The third-order valence-corrected chi connectivity index (χ3v) is 3.64. The molecule has 18 heavy (non-hydrogen) atoms. The Hall–Kier alpha value is -0.970. The number of hydrogen-bond acceptors (Lipinski definition) is 4. The summed E-state index contributed by atoms with van der Waals surface area (Å²) in [4.78, 5) is 9.36. The number of pyridine rings is 1. The zero-order valence-corrected chi connectivity index (χ0v) is 11.4. The van der Waals surface area contributed by atoms with Gasteiger partial charge in [-0.1, -0.05) is 6.07 Å². The molecule has 1 saturated heterocycles. The fourth-order valence-corrected chi connectivity index (χ4v) is 2.68. The number of nitrogens with zero attached hydrogens (tertiary/aromatic N) is 3. The lowest BCUT2D eigenvalue weighted by Gasteiger charge is -2.32. The molecule has 1 aromatic heterocycles. The van der Waals surface area contributed by atoms with Crippen molar-refractivity contribution in [2.45, 2.75) is 25.4 Å². The second-order valence-electron chi connectivity index (χ2n) is 5.25. The van der Waals surface area contributed by atoms with Crippen LogP contribution in [0.3, 0.4) is 0 Å². The summed E-state index contributed by atoms with van der Waals surface area (Å²) in [6, 6.07) is 6.42. The van der Waals surface area contributed by atoms with Crippen molar-refractivity contribution in [3.63, 3.8) is 0 Å². The Morgan fingerprint density at radius 2 is 2.06 bits per heavy atom. The van der Waals surface area contributed by atoms with E-state index in [0.717, 1.165) is 25.3 Å². The molecule has 1 fully saturated rings. The summed E-state index contributed by atoms with van der Waals surface area (Å²) >= 11 is 0. The Morgan fingerprint density at radius 3 is 2.72 bits per heavy atom. The van der Waals surface area contributed by atoms with E-state index in [1.807, 2.05) is 18.3 Å². The fraction of sp³-hybridized carbons (Fsp3) is 0.643. The zero-order chi connectivity index (χ0) is 13.0. The van der Waals surface area contributed by atoms with Crippen LogP contribution in [0, 0.1) is 0 Å². The molecular weight excluding hydrogens is 224 g/mol. The smallest absolute Gasteiger partial charge is 0.0671 e. The van der Waals surface area contributed by atoms with Gasteiger partial charge in [0.05, 0.1) is 11.7 Å². The predicted molar refractivity (Wildman–Crippen MR) is 74.3 cm³/mol. The highest BCUT2D eigenvalue weighted by Crippen LogP contribution is 2.22. The molecule has 0 saturated carbocycles. The summed E-state index contributed by atoms with van der Waals surface area (Å²) in [6.45, 7) is 6.53. The molecule has 0 aliphatic carbocycles. The van der Waals surface area contributed by atoms with Crippen molar-refractivity contribution in [1.82, 2.24) is 14.8 Å². The van der Waals surface area contributed by atoms with Crippen LogP contribution in [0.1, 0.15) is 25.1 Å². The van der Waals surface area contributed by atoms with Gasteiger partial charge in [0.25, 0.3) is 0 Å². The molecule has 2 unspecified atom stereocenters. The molecule has 0 spiro atoms.